The summed E-state index contributed by atoms with van der Waals surface area (Å²) < 4.78 is 0. The number of hydrogen-bond acceptors (Lipinski definition) is 2. The average molecular weight is 203 g/mol. The molecule has 0 aromatic carbocycles. The number of nitrogens with one attached hydrogen (secondary N) is 1. The first-order valence-electron chi connectivity index (χ1n) is 5.21. The van der Waals surface area contributed by atoms with Gasteiger partial charge in [0, 0.05) is 12.3 Å². The Morgan fingerprint density at radius 1 is 1.15 bits per heavy atom. The Morgan fingerprint density at radius 3 is 2.54 bits per heavy atom. The molecule has 1 N–H and O–H groups in total. The van der Waals surface area contributed by atoms with Gasteiger partial charge in [0.1, 0.15) is 0 Å². The monoisotopic (exact) mass is 203 g/mol. The summed E-state index contributed by atoms with van der Waals surface area (Å²) in [6, 6.07) is 0. The fourth-order valence-electron chi connectivity index (χ4n) is 0.972. The second-order valence-corrected chi connectivity index (χ2v) is 4.19. The molecule has 2 nitrogen and oxygen atoms in total. The number of hydrogen-bond donors (Lipinski definition) is 1. The van der Waals surface area contributed by atoms with Gasteiger partial charge in [-0.15, -0.1) is 0 Å². The minimum atomic E-state index is 0.137. The highest BCUT2D eigenvalue weighted by Crippen LogP contribution is 2.07. The van der Waals surface area contributed by atoms with Gasteiger partial charge in [-0.25, -0.2) is 0 Å². The van der Waals surface area contributed by atoms with Crippen molar-refractivity contribution in [1.82, 2.24) is 5.32 Å². The summed E-state index contributed by atoms with van der Waals surface area (Å²) in [5.41, 5.74) is 0. The molecule has 1 amide bonds. The van der Waals surface area contributed by atoms with Crippen LogP contribution in [0.1, 0.15) is 46.0 Å². The van der Waals surface area contributed by atoms with E-state index in [-0.39, 0.29) is 5.24 Å². The fourth-order valence-corrected chi connectivity index (χ4v) is 1.71. The Hall–Kier alpha value is -0.180. The number of rotatable bonds is 7. The van der Waals surface area contributed by atoms with E-state index in [4.69, 9.17) is 0 Å². The zero-order valence-corrected chi connectivity index (χ0v) is 9.58. The molecule has 0 saturated carbocycles. The van der Waals surface area contributed by atoms with Crippen LogP contribution in [-0.4, -0.2) is 17.5 Å². The summed E-state index contributed by atoms with van der Waals surface area (Å²) in [5.74, 6) is 0.968. The molecule has 0 aromatic rings. The highest BCUT2D eigenvalue weighted by atomic mass is 32.2. The summed E-state index contributed by atoms with van der Waals surface area (Å²) in [7, 11) is 0. The molecule has 0 radical (unpaired) electrons. The SMILES string of the molecule is CCCCCCSC(=O)NCCC. The van der Waals surface area contributed by atoms with E-state index in [1.165, 1.54) is 31.0 Å². The Bertz CT molecular complexity index is 128. The van der Waals surface area contributed by atoms with Crippen molar-refractivity contribution < 1.29 is 4.79 Å². The molecule has 0 bridgehead atoms. The van der Waals surface area contributed by atoms with Crippen molar-refractivity contribution in [3.05, 3.63) is 0 Å². The highest BCUT2D eigenvalue weighted by Gasteiger charge is 1.99. The predicted molar refractivity (Wildman–Crippen MR) is 60.3 cm³/mol. The van der Waals surface area contributed by atoms with Gasteiger partial charge in [0.2, 0.25) is 0 Å². The van der Waals surface area contributed by atoms with Crippen molar-refractivity contribution in [2.75, 3.05) is 12.3 Å². The first kappa shape index (κ1) is 12.8. The van der Waals surface area contributed by atoms with E-state index >= 15 is 0 Å². The number of thioether (sulfide) groups is 1. The Kier molecular flexibility index (Phi) is 9.77. The van der Waals surface area contributed by atoms with Gasteiger partial charge in [-0.3, -0.25) is 4.79 Å². The first-order chi connectivity index (χ1) is 6.31. The van der Waals surface area contributed by atoms with E-state index in [0.29, 0.717) is 0 Å². The summed E-state index contributed by atoms with van der Waals surface area (Å²) in [6.07, 6.45) is 5.98. The van der Waals surface area contributed by atoms with Crippen LogP contribution in [-0.2, 0) is 0 Å². The topological polar surface area (TPSA) is 29.1 Å². The van der Waals surface area contributed by atoms with E-state index in [0.717, 1.165) is 25.1 Å². The van der Waals surface area contributed by atoms with E-state index in [2.05, 4.69) is 19.2 Å². The molecule has 13 heavy (non-hydrogen) atoms. The van der Waals surface area contributed by atoms with E-state index in [1.54, 1.807) is 0 Å². The van der Waals surface area contributed by atoms with Crippen LogP contribution >= 0.6 is 11.8 Å². The third-order valence-corrected chi connectivity index (χ3v) is 2.65. The Morgan fingerprint density at radius 2 is 1.92 bits per heavy atom. The zero-order valence-electron chi connectivity index (χ0n) is 8.77. The van der Waals surface area contributed by atoms with Crippen LogP contribution in [0, 0.1) is 0 Å². The molecule has 0 aromatic heterocycles. The second-order valence-electron chi connectivity index (χ2n) is 3.12. The van der Waals surface area contributed by atoms with Crippen LogP contribution in [0.15, 0.2) is 0 Å². The number of unbranched alkanes of at least 4 members (excludes halogenated alkanes) is 3. The van der Waals surface area contributed by atoms with Gasteiger partial charge in [0.25, 0.3) is 5.24 Å². The zero-order chi connectivity index (χ0) is 9.94. The van der Waals surface area contributed by atoms with E-state index < -0.39 is 0 Å². The number of amides is 1. The van der Waals surface area contributed by atoms with E-state index in [1.807, 2.05) is 0 Å². The second kappa shape index (κ2) is 9.90. The van der Waals surface area contributed by atoms with Gasteiger partial charge in [0.05, 0.1) is 0 Å². The minimum Gasteiger partial charge on any atom is -0.347 e. The van der Waals surface area contributed by atoms with Gasteiger partial charge in [0.15, 0.2) is 0 Å². The Labute approximate surface area is 85.9 Å². The third kappa shape index (κ3) is 9.74. The first-order valence-corrected chi connectivity index (χ1v) is 6.20. The summed E-state index contributed by atoms with van der Waals surface area (Å²) in [5, 5.41) is 2.98. The van der Waals surface area contributed by atoms with Crippen molar-refractivity contribution in [1.29, 1.82) is 0 Å². The maximum Gasteiger partial charge on any atom is 0.279 e. The molecule has 0 aliphatic rings. The quantitative estimate of drug-likeness (QED) is 0.642. The van der Waals surface area contributed by atoms with Gasteiger partial charge < -0.3 is 5.32 Å². The average Bonchev–Trinajstić information content (AvgIpc) is 2.14. The predicted octanol–water partition coefficient (Wildman–Crippen LogP) is 3.42. The molecule has 0 fully saturated rings. The van der Waals surface area contributed by atoms with Gasteiger partial charge in [-0.1, -0.05) is 44.9 Å². The molecule has 0 spiro atoms. The van der Waals surface area contributed by atoms with Crippen LogP contribution in [0.25, 0.3) is 0 Å². The lowest BCUT2D eigenvalue weighted by Gasteiger charge is -2.02. The van der Waals surface area contributed by atoms with E-state index in [9.17, 15) is 4.79 Å². The van der Waals surface area contributed by atoms with Crippen molar-refractivity contribution in [2.24, 2.45) is 0 Å². The lowest BCUT2D eigenvalue weighted by atomic mass is 10.2. The van der Waals surface area contributed by atoms with Crippen molar-refractivity contribution >= 4 is 17.0 Å². The minimum absolute atomic E-state index is 0.137. The standard InChI is InChI=1S/C10H21NOS/c1-3-5-6-7-9-13-10(12)11-8-4-2/h3-9H2,1-2H3,(H,11,12). The van der Waals surface area contributed by atoms with Gasteiger partial charge in [-0.05, 0) is 12.8 Å². The molecular formula is C10H21NOS. The smallest absolute Gasteiger partial charge is 0.279 e. The molecule has 78 valence electrons. The van der Waals surface area contributed by atoms with Crippen LogP contribution in [0.4, 0.5) is 4.79 Å². The molecule has 0 aliphatic heterocycles. The number of carbonyl (C=O) groups is 1. The molecule has 0 unspecified atom stereocenters. The maximum atomic E-state index is 11.1. The summed E-state index contributed by atoms with van der Waals surface area (Å²) in [6.45, 7) is 5.06. The fraction of sp³-hybridized carbons (Fsp3) is 0.900. The normalized spacial score (nSPS) is 10.0. The molecule has 3 heteroatoms. The molecule has 0 heterocycles. The Balaban J connectivity index is 3.08. The maximum absolute atomic E-state index is 11.1. The molecule has 0 aliphatic carbocycles. The van der Waals surface area contributed by atoms with Gasteiger partial charge in [-0.2, -0.15) is 0 Å². The summed E-state index contributed by atoms with van der Waals surface area (Å²) in [4.78, 5) is 11.1. The summed E-state index contributed by atoms with van der Waals surface area (Å²) >= 11 is 1.42. The van der Waals surface area contributed by atoms with Gasteiger partial charge >= 0.3 is 0 Å². The van der Waals surface area contributed by atoms with Crippen LogP contribution < -0.4 is 5.32 Å². The highest BCUT2D eigenvalue weighted by molar-refractivity contribution is 8.13. The van der Waals surface area contributed by atoms with Crippen LogP contribution in [0.2, 0.25) is 0 Å². The lowest BCUT2D eigenvalue weighted by Crippen LogP contribution is -2.19. The molecular weight excluding hydrogens is 182 g/mol. The van der Waals surface area contributed by atoms with Crippen molar-refractivity contribution in [3.8, 4) is 0 Å². The lowest BCUT2D eigenvalue weighted by molar-refractivity contribution is 0.260. The molecule has 0 rings (SSSR count). The molecule has 0 atom stereocenters. The largest absolute Gasteiger partial charge is 0.347 e. The van der Waals surface area contributed by atoms with Crippen molar-refractivity contribution in [2.45, 2.75) is 46.0 Å². The molecule has 0 saturated heterocycles. The van der Waals surface area contributed by atoms with Crippen LogP contribution in [0.5, 0.6) is 0 Å². The van der Waals surface area contributed by atoms with Crippen LogP contribution in [0.3, 0.4) is 0 Å². The van der Waals surface area contributed by atoms with Crippen molar-refractivity contribution in [3.63, 3.8) is 0 Å². The number of carbonyl (C=O) groups excluding carboxylic acids is 1. The third-order valence-electron chi connectivity index (χ3n) is 1.75.